The van der Waals surface area contributed by atoms with Crippen molar-refractivity contribution >= 4 is 11.8 Å². The summed E-state index contributed by atoms with van der Waals surface area (Å²) in [6.45, 7) is 0.975. The second-order valence-electron chi connectivity index (χ2n) is 6.23. The third kappa shape index (κ3) is 3.78. The number of benzene rings is 1. The normalized spacial score (nSPS) is 13.9. The molecule has 142 valence electrons. The van der Waals surface area contributed by atoms with Gasteiger partial charge >= 0.3 is 0 Å². The van der Waals surface area contributed by atoms with Gasteiger partial charge in [0.2, 0.25) is 11.7 Å². The predicted octanol–water partition coefficient (Wildman–Crippen LogP) is 3.36. The zero-order valence-electron chi connectivity index (χ0n) is 15.3. The lowest BCUT2D eigenvalue weighted by Crippen LogP contribution is -2.02. The average Bonchev–Trinajstić information content (AvgIpc) is 3.26. The molecular formula is C18H21N5O3S. The molecule has 1 aliphatic rings. The molecule has 0 bridgehead atoms. The Bertz CT molecular complexity index is 924. The van der Waals surface area contributed by atoms with E-state index in [1.165, 1.54) is 19.3 Å². The Hall–Kier alpha value is -2.55. The van der Waals surface area contributed by atoms with Crippen molar-refractivity contribution in [1.29, 1.82) is 0 Å². The molecule has 0 N–H and O–H groups in total. The van der Waals surface area contributed by atoms with Gasteiger partial charge in [-0.1, -0.05) is 23.3 Å². The van der Waals surface area contributed by atoms with Crippen LogP contribution < -0.4 is 9.47 Å². The van der Waals surface area contributed by atoms with Crippen LogP contribution in [0.5, 0.6) is 11.5 Å². The topological polar surface area (TPSA) is 88.1 Å². The number of aromatic nitrogens is 5. The summed E-state index contributed by atoms with van der Waals surface area (Å²) < 4.78 is 18.3. The fourth-order valence-corrected chi connectivity index (χ4v) is 3.92. The average molecular weight is 387 g/mol. The first-order valence-electron chi connectivity index (χ1n) is 8.88. The molecule has 8 nitrogen and oxygen atoms in total. The number of aryl methyl sites for hydroxylation is 1. The minimum atomic E-state index is 0.491. The first-order chi connectivity index (χ1) is 13.3. The van der Waals surface area contributed by atoms with Gasteiger partial charge in [-0.2, -0.15) is 4.98 Å². The van der Waals surface area contributed by atoms with Crippen LogP contribution in [0.15, 0.2) is 27.9 Å². The van der Waals surface area contributed by atoms with E-state index in [1.54, 1.807) is 32.0 Å². The molecule has 3 heterocycles. The van der Waals surface area contributed by atoms with Crippen LogP contribution in [-0.4, -0.2) is 39.1 Å². The Kier molecular flexibility index (Phi) is 5.28. The van der Waals surface area contributed by atoms with Crippen LogP contribution in [0.25, 0.3) is 11.4 Å². The fourth-order valence-electron chi connectivity index (χ4n) is 3.10. The Labute approximate surface area is 161 Å². The molecule has 0 fully saturated rings. The molecule has 0 saturated heterocycles. The number of methoxy groups -OCH3 is 2. The van der Waals surface area contributed by atoms with Crippen molar-refractivity contribution in [3.8, 4) is 22.9 Å². The summed E-state index contributed by atoms with van der Waals surface area (Å²) >= 11 is 1.57. The standard InChI is InChI=1S/C18H21N5O3S/c1-24-12-7-8-13(14(10-12)25-2)17-19-16(26-22-17)11-27-18-21-20-15-6-4-3-5-9-23(15)18/h7-8,10H,3-6,9,11H2,1-2H3. The first-order valence-corrected chi connectivity index (χ1v) is 9.87. The van der Waals surface area contributed by atoms with Gasteiger partial charge in [-0.15, -0.1) is 10.2 Å². The third-order valence-corrected chi connectivity index (χ3v) is 5.47. The fraction of sp³-hybridized carbons (Fsp3) is 0.444. The van der Waals surface area contributed by atoms with E-state index < -0.39 is 0 Å². The van der Waals surface area contributed by atoms with Crippen LogP contribution in [0.3, 0.4) is 0 Å². The van der Waals surface area contributed by atoms with Gasteiger partial charge in [0.25, 0.3) is 0 Å². The van der Waals surface area contributed by atoms with Crippen LogP contribution in [0, 0.1) is 0 Å². The van der Waals surface area contributed by atoms with Gasteiger partial charge in [-0.25, -0.2) is 0 Å². The van der Waals surface area contributed by atoms with E-state index in [2.05, 4.69) is 24.9 Å². The van der Waals surface area contributed by atoms with E-state index in [4.69, 9.17) is 14.0 Å². The largest absolute Gasteiger partial charge is 0.497 e. The van der Waals surface area contributed by atoms with Crippen LogP contribution in [0.4, 0.5) is 0 Å². The predicted molar refractivity (Wildman–Crippen MR) is 100.0 cm³/mol. The number of ether oxygens (including phenoxy) is 2. The monoisotopic (exact) mass is 387 g/mol. The lowest BCUT2D eigenvalue weighted by molar-refractivity contribution is 0.388. The SMILES string of the molecule is COc1ccc(-c2noc(CSc3nnc4n3CCCCC4)n2)c(OC)c1. The van der Waals surface area contributed by atoms with E-state index >= 15 is 0 Å². The van der Waals surface area contributed by atoms with Crippen molar-refractivity contribution in [3.05, 3.63) is 29.9 Å². The number of hydrogen-bond donors (Lipinski definition) is 0. The molecule has 4 rings (SSSR count). The van der Waals surface area contributed by atoms with Crippen molar-refractivity contribution in [2.45, 2.75) is 43.1 Å². The first kappa shape index (κ1) is 17.8. The Balaban J connectivity index is 1.49. The van der Waals surface area contributed by atoms with E-state index in [0.29, 0.717) is 29.0 Å². The third-order valence-electron chi connectivity index (χ3n) is 4.52. The number of thioether (sulfide) groups is 1. The maximum atomic E-state index is 5.42. The van der Waals surface area contributed by atoms with Gasteiger partial charge in [0, 0.05) is 19.0 Å². The molecule has 27 heavy (non-hydrogen) atoms. The maximum absolute atomic E-state index is 5.42. The highest BCUT2D eigenvalue weighted by Gasteiger charge is 2.18. The maximum Gasteiger partial charge on any atom is 0.237 e. The summed E-state index contributed by atoms with van der Waals surface area (Å²) in [7, 11) is 3.22. The van der Waals surface area contributed by atoms with Crippen LogP contribution in [-0.2, 0) is 18.7 Å². The zero-order valence-corrected chi connectivity index (χ0v) is 16.2. The smallest absolute Gasteiger partial charge is 0.237 e. The lowest BCUT2D eigenvalue weighted by atomic mass is 10.2. The highest BCUT2D eigenvalue weighted by molar-refractivity contribution is 7.98. The molecule has 1 aliphatic heterocycles. The molecule has 0 unspecified atom stereocenters. The molecule has 2 aromatic heterocycles. The van der Waals surface area contributed by atoms with Crippen molar-refractivity contribution in [1.82, 2.24) is 24.9 Å². The van der Waals surface area contributed by atoms with Crippen molar-refractivity contribution in [3.63, 3.8) is 0 Å². The van der Waals surface area contributed by atoms with Crippen LogP contribution in [0.2, 0.25) is 0 Å². The summed E-state index contributed by atoms with van der Waals surface area (Å²) in [5, 5.41) is 13.6. The molecular weight excluding hydrogens is 366 g/mol. The molecule has 3 aromatic rings. The number of nitrogens with zero attached hydrogens (tertiary/aromatic N) is 5. The van der Waals surface area contributed by atoms with Crippen molar-refractivity contribution in [2.24, 2.45) is 0 Å². The summed E-state index contributed by atoms with van der Waals surface area (Å²) in [5.41, 5.74) is 0.759. The Morgan fingerprint density at radius 1 is 1.15 bits per heavy atom. The van der Waals surface area contributed by atoms with Gasteiger partial charge < -0.3 is 18.6 Å². The van der Waals surface area contributed by atoms with Crippen LogP contribution >= 0.6 is 11.8 Å². The number of fused-ring (bicyclic) bond motifs is 1. The van der Waals surface area contributed by atoms with E-state index in [1.807, 2.05) is 12.1 Å². The van der Waals surface area contributed by atoms with Gasteiger partial charge in [0.1, 0.15) is 17.3 Å². The quantitative estimate of drug-likeness (QED) is 0.595. The lowest BCUT2D eigenvalue weighted by Gasteiger charge is -2.07. The van der Waals surface area contributed by atoms with Gasteiger partial charge in [0.15, 0.2) is 5.16 Å². The van der Waals surface area contributed by atoms with E-state index in [9.17, 15) is 0 Å². The number of rotatable bonds is 6. The highest BCUT2D eigenvalue weighted by atomic mass is 32.2. The molecule has 0 atom stereocenters. The van der Waals surface area contributed by atoms with Crippen LogP contribution in [0.1, 0.15) is 31.0 Å². The Morgan fingerprint density at radius 3 is 2.93 bits per heavy atom. The van der Waals surface area contributed by atoms with E-state index in [-0.39, 0.29) is 0 Å². The summed E-state index contributed by atoms with van der Waals surface area (Å²) in [6, 6.07) is 5.50. The zero-order chi connectivity index (χ0) is 18.6. The summed E-state index contributed by atoms with van der Waals surface area (Å²) in [4.78, 5) is 4.50. The molecule has 0 aliphatic carbocycles. The van der Waals surface area contributed by atoms with E-state index in [0.717, 1.165) is 29.5 Å². The van der Waals surface area contributed by atoms with Gasteiger partial charge in [-0.3, -0.25) is 0 Å². The Morgan fingerprint density at radius 2 is 2.07 bits per heavy atom. The molecule has 1 aromatic carbocycles. The second kappa shape index (κ2) is 7.99. The van der Waals surface area contributed by atoms with Crippen molar-refractivity contribution < 1.29 is 14.0 Å². The van der Waals surface area contributed by atoms with Gasteiger partial charge in [-0.05, 0) is 25.0 Å². The molecule has 0 amide bonds. The minimum Gasteiger partial charge on any atom is -0.497 e. The summed E-state index contributed by atoms with van der Waals surface area (Å²) in [6.07, 6.45) is 4.58. The molecule has 0 spiro atoms. The van der Waals surface area contributed by atoms with Gasteiger partial charge in [0.05, 0.1) is 25.5 Å². The van der Waals surface area contributed by atoms with Crippen molar-refractivity contribution in [2.75, 3.05) is 14.2 Å². The second-order valence-corrected chi connectivity index (χ2v) is 7.17. The minimum absolute atomic E-state index is 0.491. The summed E-state index contributed by atoms with van der Waals surface area (Å²) in [5.74, 6) is 4.00. The molecule has 9 heteroatoms. The number of hydrogen-bond acceptors (Lipinski definition) is 8. The molecule has 0 radical (unpaired) electrons. The molecule has 0 saturated carbocycles. The highest BCUT2D eigenvalue weighted by Crippen LogP contribution is 2.32.